The molecule has 0 radical (unpaired) electrons. The van der Waals surface area contributed by atoms with Crippen molar-refractivity contribution in [2.45, 2.75) is 33.1 Å². The van der Waals surface area contributed by atoms with Gasteiger partial charge in [0.05, 0.1) is 5.39 Å². The van der Waals surface area contributed by atoms with Crippen LogP contribution in [0.15, 0.2) is 30.6 Å². The van der Waals surface area contributed by atoms with Crippen molar-refractivity contribution in [3.8, 4) is 11.1 Å². The van der Waals surface area contributed by atoms with Crippen LogP contribution in [0.1, 0.15) is 36.6 Å². The summed E-state index contributed by atoms with van der Waals surface area (Å²) in [4.78, 5) is 11.1. The monoisotopic (exact) mass is 341 g/mol. The third-order valence-corrected chi connectivity index (χ3v) is 5.17. The number of benzene rings is 1. The third kappa shape index (κ3) is 3.28. The smallest absolute Gasteiger partial charge is 0.138 e. The van der Waals surface area contributed by atoms with E-state index in [0.29, 0.717) is 18.9 Å². The number of rotatable bonds is 6. The molecule has 0 unspecified atom stereocenters. The first kappa shape index (κ1) is 16.9. The Bertz CT molecular complexity index is 824. The molecule has 3 rings (SSSR count). The van der Waals surface area contributed by atoms with Crippen molar-refractivity contribution in [2.24, 2.45) is 0 Å². The highest BCUT2D eigenvalue weighted by atomic mass is 32.1. The summed E-state index contributed by atoms with van der Waals surface area (Å²) in [6.07, 6.45) is 2.30. The Morgan fingerprint density at radius 3 is 2.58 bits per heavy atom. The molecule has 5 heteroatoms. The van der Waals surface area contributed by atoms with Crippen molar-refractivity contribution in [2.75, 3.05) is 18.5 Å². The lowest BCUT2D eigenvalue weighted by molar-refractivity contribution is 0.292. The maximum absolute atomic E-state index is 8.99. The van der Waals surface area contributed by atoms with Gasteiger partial charge in [0, 0.05) is 23.6 Å². The molecule has 0 aliphatic rings. The first-order valence-corrected chi connectivity index (χ1v) is 9.12. The molecule has 1 aromatic carbocycles. The minimum absolute atomic E-state index is 0.174. The maximum Gasteiger partial charge on any atom is 0.138 e. The third-order valence-electron chi connectivity index (χ3n) is 4.16. The Labute approximate surface area is 146 Å². The van der Waals surface area contributed by atoms with E-state index in [4.69, 9.17) is 5.11 Å². The molecule has 0 spiro atoms. The van der Waals surface area contributed by atoms with Crippen molar-refractivity contribution >= 4 is 27.4 Å². The molecule has 0 aliphatic carbocycles. The zero-order valence-corrected chi connectivity index (χ0v) is 15.2. The van der Waals surface area contributed by atoms with E-state index in [0.717, 1.165) is 16.0 Å². The molecular weight excluding hydrogens is 318 g/mol. The summed E-state index contributed by atoms with van der Waals surface area (Å²) in [5.74, 6) is 1.37. The van der Waals surface area contributed by atoms with Gasteiger partial charge < -0.3 is 10.4 Å². The number of nitrogens with one attached hydrogen (secondary N) is 1. The number of hydrogen-bond acceptors (Lipinski definition) is 5. The molecule has 0 saturated heterocycles. The summed E-state index contributed by atoms with van der Waals surface area (Å²) in [6.45, 7) is 7.42. The fraction of sp³-hybridized carbons (Fsp3) is 0.368. The van der Waals surface area contributed by atoms with Gasteiger partial charge in [-0.2, -0.15) is 0 Å². The van der Waals surface area contributed by atoms with E-state index in [9.17, 15) is 0 Å². The molecule has 0 aliphatic heterocycles. The predicted molar refractivity (Wildman–Crippen MR) is 102 cm³/mol. The van der Waals surface area contributed by atoms with E-state index in [-0.39, 0.29) is 6.61 Å². The number of thiophene rings is 1. The summed E-state index contributed by atoms with van der Waals surface area (Å²) in [6, 6.07) is 8.78. The number of aliphatic hydroxyl groups excluding tert-OH is 1. The summed E-state index contributed by atoms with van der Waals surface area (Å²) in [5.41, 5.74) is 3.74. The fourth-order valence-corrected chi connectivity index (χ4v) is 3.86. The first-order valence-electron chi connectivity index (χ1n) is 8.31. The number of aromatic nitrogens is 2. The van der Waals surface area contributed by atoms with Crippen molar-refractivity contribution in [3.05, 3.63) is 41.0 Å². The number of nitrogens with zero attached hydrogens (tertiary/aromatic N) is 2. The summed E-state index contributed by atoms with van der Waals surface area (Å²) in [5, 5.41) is 13.4. The van der Waals surface area contributed by atoms with E-state index in [1.807, 2.05) is 0 Å². The lowest BCUT2D eigenvalue weighted by Crippen LogP contribution is -2.05. The largest absolute Gasteiger partial charge is 0.396 e. The van der Waals surface area contributed by atoms with Crippen LogP contribution in [0.5, 0.6) is 0 Å². The standard InChI is InChI=1S/C19H23N3OS/c1-12(2)14-5-7-15(8-6-14)16-13(3)24-19-17(16)18(21-11-22-19)20-9-4-10-23/h5-8,11-12,23H,4,9-10H2,1-3H3,(H,20,21,22). The van der Waals surface area contributed by atoms with Crippen LogP contribution in [0.4, 0.5) is 5.82 Å². The van der Waals surface area contributed by atoms with Crippen LogP contribution in [0.2, 0.25) is 0 Å². The lowest BCUT2D eigenvalue weighted by atomic mass is 9.98. The van der Waals surface area contributed by atoms with Gasteiger partial charge in [0.1, 0.15) is 17.0 Å². The molecule has 0 bridgehead atoms. The Kier molecular flexibility index (Phi) is 5.11. The molecule has 24 heavy (non-hydrogen) atoms. The number of aryl methyl sites for hydroxylation is 1. The normalized spacial score (nSPS) is 11.4. The van der Waals surface area contributed by atoms with Gasteiger partial charge in [0.15, 0.2) is 0 Å². The molecule has 0 amide bonds. The van der Waals surface area contributed by atoms with Crippen LogP contribution >= 0.6 is 11.3 Å². The highest BCUT2D eigenvalue weighted by Crippen LogP contribution is 2.40. The average Bonchev–Trinajstić information content (AvgIpc) is 2.92. The predicted octanol–water partition coefficient (Wildman–Crippen LogP) is 4.58. The summed E-state index contributed by atoms with van der Waals surface area (Å²) < 4.78 is 0. The van der Waals surface area contributed by atoms with Crippen LogP contribution in [0.25, 0.3) is 21.3 Å². The van der Waals surface area contributed by atoms with Gasteiger partial charge >= 0.3 is 0 Å². The van der Waals surface area contributed by atoms with E-state index < -0.39 is 0 Å². The van der Waals surface area contributed by atoms with E-state index >= 15 is 0 Å². The summed E-state index contributed by atoms with van der Waals surface area (Å²) in [7, 11) is 0. The molecule has 2 N–H and O–H groups in total. The van der Waals surface area contributed by atoms with Gasteiger partial charge in [-0.05, 0) is 30.4 Å². The molecule has 0 fully saturated rings. The zero-order valence-electron chi connectivity index (χ0n) is 14.3. The van der Waals surface area contributed by atoms with Gasteiger partial charge in [-0.3, -0.25) is 0 Å². The van der Waals surface area contributed by atoms with Crippen LogP contribution in [-0.4, -0.2) is 28.2 Å². The average molecular weight is 341 g/mol. The first-order chi connectivity index (χ1) is 11.6. The van der Waals surface area contributed by atoms with E-state index in [1.54, 1.807) is 17.7 Å². The molecule has 4 nitrogen and oxygen atoms in total. The second kappa shape index (κ2) is 7.28. The Balaban J connectivity index is 2.07. The number of fused-ring (bicyclic) bond motifs is 1. The topological polar surface area (TPSA) is 58.0 Å². The van der Waals surface area contributed by atoms with Crippen molar-refractivity contribution in [1.29, 1.82) is 0 Å². The molecule has 0 atom stereocenters. The second-order valence-corrected chi connectivity index (χ2v) is 7.42. The zero-order chi connectivity index (χ0) is 17.1. The van der Waals surface area contributed by atoms with Gasteiger partial charge in [0.25, 0.3) is 0 Å². The minimum Gasteiger partial charge on any atom is -0.396 e. The van der Waals surface area contributed by atoms with Crippen molar-refractivity contribution in [3.63, 3.8) is 0 Å². The van der Waals surface area contributed by atoms with Crippen molar-refractivity contribution < 1.29 is 5.11 Å². The quantitative estimate of drug-likeness (QED) is 0.644. The van der Waals surface area contributed by atoms with E-state index in [2.05, 4.69) is 60.3 Å². The molecule has 2 aromatic heterocycles. The van der Waals surface area contributed by atoms with Gasteiger partial charge in [-0.25, -0.2) is 9.97 Å². The highest BCUT2D eigenvalue weighted by molar-refractivity contribution is 7.19. The number of hydrogen-bond donors (Lipinski definition) is 2. The van der Waals surface area contributed by atoms with Crippen LogP contribution < -0.4 is 5.32 Å². The van der Waals surface area contributed by atoms with Gasteiger partial charge in [-0.15, -0.1) is 11.3 Å². The SMILES string of the molecule is Cc1sc2ncnc(NCCCO)c2c1-c1ccc(C(C)C)cc1. The Morgan fingerprint density at radius 2 is 1.92 bits per heavy atom. The van der Waals surface area contributed by atoms with Gasteiger partial charge in [-0.1, -0.05) is 38.1 Å². The van der Waals surface area contributed by atoms with Crippen molar-refractivity contribution in [1.82, 2.24) is 9.97 Å². The highest BCUT2D eigenvalue weighted by Gasteiger charge is 2.16. The number of anilines is 1. The van der Waals surface area contributed by atoms with E-state index in [1.165, 1.54) is 21.6 Å². The molecule has 0 saturated carbocycles. The van der Waals surface area contributed by atoms with Crippen LogP contribution in [0, 0.1) is 6.92 Å². The van der Waals surface area contributed by atoms with Crippen LogP contribution in [-0.2, 0) is 0 Å². The molecular formula is C19H23N3OS. The maximum atomic E-state index is 8.99. The lowest BCUT2D eigenvalue weighted by Gasteiger charge is -2.10. The number of aliphatic hydroxyl groups is 1. The second-order valence-electron chi connectivity index (χ2n) is 6.22. The van der Waals surface area contributed by atoms with Gasteiger partial charge in [0.2, 0.25) is 0 Å². The summed E-state index contributed by atoms with van der Waals surface area (Å²) >= 11 is 1.70. The Morgan fingerprint density at radius 1 is 1.17 bits per heavy atom. The minimum atomic E-state index is 0.174. The molecule has 3 aromatic rings. The van der Waals surface area contributed by atoms with Crippen LogP contribution in [0.3, 0.4) is 0 Å². The molecule has 126 valence electrons. The Hall–Kier alpha value is -1.98. The fourth-order valence-electron chi connectivity index (χ4n) is 2.85. The molecule has 2 heterocycles.